The molecule has 0 aliphatic heterocycles. The van der Waals surface area contributed by atoms with E-state index < -0.39 is 0 Å². The molecule has 0 amide bonds. The Morgan fingerprint density at radius 1 is 1.41 bits per heavy atom. The minimum absolute atomic E-state index is 0.270. The van der Waals surface area contributed by atoms with Gasteiger partial charge in [0.1, 0.15) is 5.82 Å². The molecule has 0 radical (unpaired) electrons. The van der Waals surface area contributed by atoms with Crippen molar-refractivity contribution >= 4 is 15.9 Å². The molecule has 0 fully saturated rings. The minimum atomic E-state index is 0.270. The number of hydrogen-bond donors (Lipinski definition) is 1. The maximum absolute atomic E-state index is 4.37. The Balaban J connectivity index is 2.23. The van der Waals surface area contributed by atoms with Crippen LogP contribution in [0.1, 0.15) is 17.4 Å². The van der Waals surface area contributed by atoms with Crippen LogP contribution in [-0.2, 0) is 13.5 Å². The lowest BCUT2D eigenvalue weighted by Gasteiger charge is -2.17. The van der Waals surface area contributed by atoms with Gasteiger partial charge in [-0.1, -0.05) is 34.1 Å². The predicted octanol–water partition coefficient (Wildman–Crippen LogP) is 2.69. The summed E-state index contributed by atoms with van der Waals surface area (Å²) >= 11 is 3.59. The zero-order valence-corrected chi connectivity index (χ0v) is 11.6. The van der Waals surface area contributed by atoms with E-state index in [9.17, 15) is 0 Å². The molecule has 4 heteroatoms. The monoisotopic (exact) mass is 293 g/mol. The minimum Gasteiger partial charge on any atom is -0.338 e. The summed E-state index contributed by atoms with van der Waals surface area (Å²) < 4.78 is 3.19. The Hall–Kier alpha value is -1.13. The Bertz CT molecular complexity index is 493. The molecular weight excluding hydrogens is 278 g/mol. The van der Waals surface area contributed by atoms with Gasteiger partial charge in [-0.3, -0.25) is 0 Å². The third kappa shape index (κ3) is 2.76. The van der Waals surface area contributed by atoms with Crippen LogP contribution in [0.25, 0.3) is 0 Å². The maximum atomic E-state index is 4.37. The van der Waals surface area contributed by atoms with Gasteiger partial charge in [0.15, 0.2) is 0 Å². The number of likely N-dealkylation sites (N-methyl/N-ethyl adjacent to an activating group) is 1. The lowest BCUT2D eigenvalue weighted by atomic mass is 10.0. The average molecular weight is 294 g/mol. The third-order valence-electron chi connectivity index (χ3n) is 2.94. The SMILES string of the molecule is CNC(Cc1nccn1C)c1ccccc1Br. The number of hydrogen-bond acceptors (Lipinski definition) is 2. The van der Waals surface area contributed by atoms with Gasteiger partial charge in [-0.15, -0.1) is 0 Å². The molecule has 2 rings (SSSR count). The fourth-order valence-corrected chi connectivity index (χ4v) is 2.46. The summed E-state index contributed by atoms with van der Waals surface area (Å²) in [6.45, 7) is 0. The second kappa shape index (κ2) is 5.47. The highest BCUT2D eigenvalue weighted by Crippen LogP contribution is 2.25. The van der Waals surface area contributed by atoms with E-state index in [2.05, 4.69) is 49.0 Å². The summed E-state index contributed by atoms with van der Waals surface area (Å²) in [5, 5.41) is 3.34. The number of benzene rings is 1. The van der Waals surface area contributed by atoms with Crippen LogP contribution in [0.2, 0.25) is 0 Å². The van der Waals surface area contributed by atoms with E-state index >= 15 is 0 Å². The largest absolute Gasteiger partial charge is 0.338 e. The van der Waals surface area contributed by atoms with Crippen molar-refractivity contribution in [1.82, 2.24) is 14.9 Å². The molecule has 90 valence electrons. The van der Waals surface area contributed by atoms with Gasteiger partial charge in [-0.05, 0) is 18.7 Å². The molecule has 1 N–H and O–H groups in total. The smallest absolute Gasteiger partial charge is 0.110 e. The molecule has 1 heterocycles. The Labute approximate surface area is 110 Å². The first-order chi connectivity index (χ1) is 8.22. The van der Waals surface area contributed by atoms with Gasteiger partial charge in [0, 0.05) is 36.4 Å². The maximum Gasteiger partial charge on any atom is 0.110 e. The van der Waals surface area contributed by atoms with Gasteiger partial charge in [0.2, 0.25) is 0 Å². The number of aromatic nitrogens is 2. The first kappa shape index (κ1) is 12.3. The number of nitrogens with one attached hydrogen (secondary N) is 1. The van der Waals surface area contributed by atoms with Gasteiger partial charge in [-0.25, -0.2) is 4.98 Å². The van der Waals surface area contributed by atoms with Crippen LogP contribution in [0.5, 0.6) is 0 Å². The van der Waals surface area contributed by atoms with Gasteiger partial charge in [-0.2, -0.15) is 0 Å². The summed E-state index contributed by atoms with van der Waals surface area (Å²) in [5.41, 5.74) is 1.26. The summed E-state index contributed by atoms with van der Waals surface area (Å²) in [6.07, 6.45) is 4.69. The van der Waals surface area contributed by atoms with Gasteiger partial charge < -0.3 is 9.88 Å². The summed E-state index contributed by atoms with van der Waals surface area (Å²) in [4.78, 5) is 4.37. The molecule has 17 heavy (non-hydrogen) atoms. The molecule has 1 aromatic heterocycles. The second-order valence-corrected chi connectivity index (χ2v) is 4.88. The molecule has 1 unspecified atom stereocenters. The molecule has 2 aromatic rings. The van der Waals surface area contributed by atoms with Crippen molar-refractivity contribution in [2.75, 3.05) is 7.05 Å². The lowest BCUT2D eigenvalue weighted by Crippen LogP contribution is -2.20. The molecule has 3 nitrogen and oxygen atoms in total. The molecule has 0 aliphatic rings. The number of imidazole rings is 1. The van der Waals surface area contributed by atoms with E-state index in [1.807, 2.05) is 32.6 Å². The van der Waals surface area contributed by atoms with Crippen molar-refractivity contribution in [2.24, 2.45) is 7.05 Å². The van der Waals surface area contributed by atoms with E-state index in [0.29, 0.717) is 0 Å². The second-order valence-electron chi connectivity index (χ2n) is 4.02. The number of rotatable bonds is 4. The van der Waals surface area contributed by atoms with E-state index in [1.54, 1.807) is 0 Å². The fraction of sp³-hybridized carbons (Fsp3) is 0.308. The average Bonchev–Trinajstić information content (AvgIpc) is 2.73. The topological polar surface area (TPSA) is 29.9 Å². The van der Waals surface area contributed by atoms with Crippen molar-refractivity contribution in [1.29, 1.82) is 0 Å². The Morgan fingerprint density at radius 2 is 2.18 bits per heavy atom. The Morgan fingerprint density at radius 3 is 2.76 bits per heavy atom. The molecule has 0 spiro atoms. The van der Waals surface area contributed by atoms with Crippen molar-refractivity contribution in [3.8, 4) is 0 Å². The highest BCUT2D eigenvalue weighted by atomic mass is 79.9. The Kier molecular flexibility index (Phi) is 3.97. The molecule has 0 saturated carbocycles. The van der Waals surface area contributed by atoms with Crippen molar-refractivity contribution in [3.63, 3.8) is 0 Å². The van der Waals surface area contributed by atoms with Gasteiger partial charge in [0.05, 0.1) is 0 Å². The van der Waals surface area contributed by atoms with Crippen molar-refractivity contribution in [3.05, 3.63) is 52.5 Å². The van der Waals surface area contributed by atoms with Crippen LogP contribution in [0.15, 0.2) is 41.1 Å². The van der Waals surface area contributed by atoms with Crippen LogP contribution < -0.4 is 5.32 Å². The van der Waals surface area contributed by atoms with E-state index in [1.165, 1.54) is 5.56 Å². The molecule has 1 atom stereocenters. The van der Waals surface area contributed by atoms with Crippen LogP contribution >= 0.6 is 15.9 Å². The summed E-state index contributed by atoms with van der Waals surface area (Å²) in [6, 6.07) is 8.56. The zero-order valence-electron chi connectivity index (χ0n) is 10.0. The summed E-state index contributed by atoms with van der Waals surface area (Å²) in [5.74, 6) is 1.08. The molecule has 0 saturated heterocycles. The number of nitrogens with zero attached hydrogens (tertiary/aromatic N) is 2. The lowest BCUT2D eigenvalue weighted by molar-refractivity contribution is 0.562. The number of aryl methyl sites for hydroxylation is 1. The molecular formula is C13H16BrN3. The normalized spacial score (nSPS) is 12.6. The van der Waals surface area contributed by atoms with E-state index in [-0.39, 0.29) is 6.04 Å². The molecule has 1 aromatic carbocycles. The van der Waals surface area contributed by atoms with Crippen LogP contribution in [-0.4, -0.2) is 16.6 Å². The van der Waals surface area contributed by atoms with Crippen molar-refractivity contribution < 1.29 is 0 Å². The zero-order chi connectivity index (χ0) is 12.3. The highest BCUT2D eigenvalue weighted by molar-refractivity contribution is 9.10. The first-order valence-corrected chi connectivity index (χ1v) is 6.39. The first-order valence-electron chi connectivity index (χ1n) is 5.60. The van der Waals surface area contributed by atoms with Gasteiger partial charge >= 0.3 is 0 Å². The molecule has 0 aliphatic carbocycles. The van der Waals surface area contributed by atoms with Crippen LogP contribution in [0.3, 0.4) is 0 Å². The van der Waals surface area contributed by atoms with E-state index in [4.69, 9.17) is 0 Å². The van der Waals surface area contributed by atoms with E-state index in [0.717, 1.165) is 16.7 Å². The third-order valence-corrected chi connectivity index (χ3v) is 3.66. The highest BCUT2D eigenvalue weighted by Gasteiger charge is 2.14. The van der Waals surface area contributed by atoms with Crippen molar-refractivity contribution in [2.45, 2.75) is 12.5 Å². The fourth-order valence-electron chi connectivity index (χ4n) is 1.90. The molecule has 0 bridgehead atoms. The van der Waals surface area contributed by atoms with Crippen LogP contribution in [0.4, 0.5) is 0 Å². The predicted molar refractivity (Wildman–Crippen MR) is 72.9 cm³/mol. The quantitative estimate of drug-likeness (QED) is 0.939. The standard InChI is InChI=1S/C13H16BrN3/c1-15-12(9-13-16-7-8-17(13)2)10-5-3-4-6-11(10)14/h3-8,12,15H,9H2,1-2H3. The van der Waals surface area contributed by atoms with Crippen LogP contribution in [0, 0.1) is 0 Å². The summed E-state index contributed by atoms with van der Waals surface area (Å²) in [7, 11) is 4.00. The number of halogens is 1. The van der Waals surface area contributed by atoms with Gasteiger partial charge in [0.25, 0.3) is 0 Å².